The lowest BCUT2D eigenvalue weighted by atomic mass is 10.1. The molecule has 1 aromatic heterocycles. The first kappa shape index (κ1) is 27.9. The van der Waals surface area contributed by atoms with E-state index < -0.39 is 65.9 Å². The van der Waals surface area contributed by atoms with Crippen molar-refractivity contribution < 1.29 is 61.0 Å². The second-order valence-corrected chi connectivity index (χ2v) is 10.7. The highest BCUT2D eigenvalue weighted by atomic mass is 31.3. The summed E-state index contributed by atoms with van der Waals surface area (Å²) in [7, 11) is -17.1. The molecule has 0 bridgehead atoms. The fourth-order valence-corrected chi connectivity index (χ4v) is 5.86. The molecule has 188 valence electrons. The van der Waals surface area contributed by atoms with Crippen molar-refractivity contribution in [1.29, 1.82) is 5.41 Å². The van der Waals surface area contributed by atoms with Crippen LogP contribution in [0.25, 0.3) is 0 Å². The quantitative estimate of drug-likeness (QED) is 0.0910. The number of aliphatic hydroxyl groups excluding tert-OH is 1. The van der Waals surface area contributed by atoms with Crippen LogP contribution in [0.15, 0.2) is 21.9 Å². The summed E-state index contributed by atoms with van der Waals surface area (Å²) in [6.07, 6.45) is -4.62. The van der Waals surface area contributed by atoms with Gasteiger partial charge in [0.2, 0.25) is 0 Å². The van der Waals surface area contributed by atoms with E-state index in [0.29, 0.717) is 0 Å². The van der Waals surface area contributed by atoms with Gasteiger partial charge in [0, 0.05) is 18.7 Å². The van der Waals surface area contributed by atoms with Crippen LogP contribution in [0.2, 0.25) is 0 Å². The first-order valence-electron chi connectivity index (χ1n) is 8.68. The van der Waals surface area contributed by atoms with Crippen molar-refractivity contribution in [2.24, 2.45) is 0 Å². The number of hydrogen-bond acceptors (Lipinski definition) is 12. The van der Waals surface area contributed by atoms with Crippen molar-refractivity contribution in [3.63, 3.8) is 0 Å². The molecule has 0 amide bonds. The van der Waals surface area contributed by atoms with Crippen LogP contribution in [-0.4, -0.2) is 72.0 Å². The molecule has 0 aromatic carbocycles. The number of rotatable bonds is 12. The van der Waals surface area contributed by atoms with Crippen molar-refractivity contribution in [3.8, 4) is 0 Å². The van der Waals surface area contributed by atoms with Crippen molar-refractivity contribution in [1.82, 2.24) is 9.55 Å². The summed E-state index contributed by atoms with van der Waals surface area (Å²) < 4.78 is 57.7. The number of aliphatic hydroxyl groups is 1. The van der Waals surface area contributed by atoms with Gasteiger partial charge in [0.05, 0.1) is 13.2 Å². The van der Waals surface area contributed by atoms with E-state index in [1.165, 1.54) is 0 Å². The summed E-state index contributed by atoms with van der Waals surface area (Å²) in [5.74, 6) is 0. The highest BCUT2D eigenvalue weighted by Gasteiger charge is 2.51. The Morgan fingerprint density at radius 2 is 1.82 bits per heavy atom. The molecule has 7 N–H and O–H groups in total. The normalized spacial score (nSPS) is 27.1. The average Bonchev–Trinajstić information content (AvgIpc) is 2.91. The van der Waals surface area contributed by atoms with Crippen LogP contribution in [0.5, 0.6) is 0 Å². The van der Waals surface area contributed by atoms with Crippen LogP contribution in [-0.2, 0) is 36.3 Å². The largest absolute Gasteiger partial charge is 0.490 e. The third-order valence-electron chi connectivity index (χ3n) is 3.79. The summed E-state index contributed by atoms with van der Waals surface area (Å²) in [5, 5.41) is 17.5. The fraction of sp³-hybridized carbons (Fsp3) is 0.583. The summed E-state index contributed by atoms with van der Waals surface area (Å²) in [5.41, 5.74) is -1.78. The molecule has 1 aliphatic rings. The summed E-state index contributed by atoms with van der Waals surface area (Å²) in [4.78, 5) is 61.4. The minimum absolute atomic E-state index is 0.00923. The maximum atomic E-state index is 12.2. The van der Waals surface area contributed by atoms with Gasteiger partial charge in [-0.15, -0.1) is 0 Å². The fourth-order valence-electron chi connectivity index (χ4n) is 2.64. The monoisotopic (exact) mass is 539 g/mol. The van der Waals surface area contributed by atoms with Gasteiger partial charge < -0.3 is 39.6 Å². The smallest absolute Gasteiger partial charge is 0.386 e. The number of ether oxygens (including phenoxy) is 2. The SMILES string of the molecule is N=CCCOC[C@H]1O[C@@H](n2ccc(=O)[nH]c2=O)[C@H](O)[C@@H]1OP(=O)(O)OP(=O)(O)OP(=O)(O)O. The number of aromatic amines is 1. The minimum Gasteiger partial charge on any atom is -0.386 e. The van der Waals surface area contributed by atoms with Gasteiger partial charge in [-0.25, -0.2) is 18.5 Å². The second kappa shape index (κ2) is 10.9. The molecule has 0 spiro atoms. The van der Waals surface area contributed by atoms with Gasteiger partial charge in [-0.2, -0.15) is 8.62 Å². The number of H-pyrrole nitrogens is 1. The summed E-state index contributed by atoms with van der Waals surface area (Å²) in [6.45, 7) is -0.440. The molecule has 1 aliphatic heterocycles. The zero-order valence-corrected chi connectivity index (χ0v) is 19.0. The minimum atomic E-state index is -5.82. The van der Waals surface area contributed by atoms with Gasteiger partial charge in [-0.05, 0) is 6.21 Å². The van der Waals surface area contributed by atoms with Crippen LogP contribution in [0.4, 0.5) is 0 Å². The van der Waals surface area contributed by atoms with Crippen LogP contribution < -0.4 is 11.2 Å². The molecule has 2 unspecified atom stereocenters. The number of nitrogens with zero attached hydrogens (tertiary/aromatic N) is 1. The molecule has 21 heteroatoms. The lowest BCUT2D eigenvalue weighted by Crippen LogP contribution is -2.38. The molecule has 18 nitrogen and oxygen atoms in total. The average molecular weight is 539 g/mol. The Morgan fingerprint density at radius 1 is 1.15 bits per heavy atom. The topological polar surface area (TPSA) is 277 Å². The Labute approximate surface area is 183 Å². The van der Waals surface area contributed by atoms with Crippen LogP contribution in [0, 0.1) is 5.41 Å². The predicted octanol–water partition coefficient (Wildman–Crippen LogP) is -1.44. The molecule has 2 rings (SSSR count). The molecular weight excluding hydrogens is 519 g/mol. The van der Waals surface area contributed by atoms with Gasteiger partial charge >= 0.3 is 29.2 Å². The van der Waals surface area contributed by atoms with Gasteiger partial charge in [0.1, 0.15) is 18.3 Å². The van der Waals surface area contributed by atoms with E-state index in [0.717, 1.165) is 23.0 Å². The zero-order valence-electron chi connectivity index (χ0n) is 16.3. The van der Waals surface area contributed by atoms with Crippen LogP contribution in [0.1, 0.15) is 12.6 Å². The molecule has 0 saturated carbocycles. The van der Waals surface area contributed by atoms with Gasteiger partial charge in [0.15, 0.2) is 6.23 Å². The predicted molar refractivity (Wildman–Crippen MR) is 104 cm³/mol. The van der Waals surface area contributed by atoms with E-state index in [2.05, 4.69) is 13.1 Å². The zero-order chi connectivity index (χ0) is 25.0. The molecule has 0 radical (unpaired) electrons. The van der Waals surface area contributed by atoms with E-state index in [1.54, 1.807) is 0 Å². The van der Waals surface area contributed by atoms with Crippen molar-refractivity contribution in [2.75, 3.05) is 13.2 Å². The summed E-state index contributed by atoms with van der Waals surface area (Å²) in [6, 6.07) is 0.919. The maximum absolute atomic E-state index is 12.2. The summed E-state index contributed by atoms with van der Waals surface area (Å²) >= 11 is 0. The highest BCUT2D eigenvalue weighted by Crippen LogP contribution is 2.67. The Morgan fingerprint density at radius 3 is 2.39 bits per heavy atom. The van der Waals surface area contributed by atoms with E-state index >= 15 is 0 Å². The van der Waals surface area contributed by atoms with Crippen molar-refractivity contribution in [2.45, 2.75) is 31.0 Å². The number of hydrogen-bond donors (Lipinski definition) is 7. The molecule has 6 atom stereocenters. The number of phosphoric ester groups is 1. The lowest BCUT2D eigenvalue weighted by molar-refractivity contribution is -0.0672. The Kier molecular flexibility index (Phi) is 9.23. The molecule has 2 heterocycles. The maximum Gasteiger partial charge on any atom is 0.490 e. The molecular formula is C12H20N3O15P3. The second-order valence-electron chi connectivity index (χ2n) is 6.30. The molecule has 33 heavy (non-hydrogen) atoms. The molecule has 0 aliphatic carbocycles. The lowest BCUT2D eigenvalue weighted by Gasteiger charge is -2.23. The third kappa shape index (κ3) is 8.42. The Balaban J connectivity index is 2.27. The van der Waals surface area contributed by atoms with Gasteiger partial charge in [0.25, 0.3) is 5.56 Å². The number of phosphoric acid groups is 3. The Hall–Kier alpha value is -1.36. The van der Waals surface area contributed by atoms with E-state index in [4.69, 9.17) is 24.7 Å². The standard InChI is InChI=1S/C12H20N3O15P3/c13-3-1-5-26-6-7-10(28-32(22,23)30-33(24,25)29-31(19,20)21)9(17)11(27-7)15-4-2-8(16)14-12(15)18/h2-4,7,9-11,13,17H,1,5-6H2,(H,22,23)(H,24,25)(H,14,16,18)(H2,19,20,21)/t7-,9-,10-,11-/m1/s1. The highest BCUT2D eigenvalue weighted by molar-refractivity contribution is 7.66. The van der Waals surface area contributed by atoms with E-state index in [-0.39, 0.29) is 13.0 Å². The van der Waals surface area contributed by atoms with Gasteiger partial charge in [-0.1, -0.05) is 0 Å². The van der Waals surface area contributed by atoms with Crippen LogP contribution in [0.3, 0.4) is 0 Å². The molecule has 1 aromatic rings. The van der Waals surface area contributed by atoms with Crippen LogP contribution >= 0.6 is 23.5 Å². The third-order valence-corrected chi connectivity index (χ3v) is 7.63. The number of nitrogens with one attached hydrogen (secondary N) is 2. The van der Waals surface area contributed by atoms with E-state index in [1.807, 2.05) is 4.98 Å². The molecule has 1 fully saturated rings. The van der Waals surface area contributed by atoms with Crippen molar-refractivity contribution >= 4 is 29.7 Å². The Bertz CT molecular complexity index is 1100. The molecule has 1 saturated heterocycles. The number of aromatic nitrogens is 2. The van der Waals surface area contributed by atoms with Crippen molar-refractivity contribution in [3.05, 3.63) is 33.1 Å². The van der Waals surface area contributed by atoms with E-state index in [9.17, 15) is 38.2 Å². The van der Waals surface area contributed by atoms with Gasteiger partial charge in [-0.3, -0.25) is 18.9 Å². The first-order chi connectivity index (χ1) is 15.1. The first-order valence-corrected chi connectivity index (χ1v) is 13.2.